The van der Waals surface area contributed by atoms with Crippen LogP contribution >= 0.6 is 0 Å². The normalized spacial score (nSPS) is 14.8. The largest absolute Gasteiger partial charge is 0.464 e. The molecule has 0 bridgehead atoms. The molecule has 0 unspecified atom stereocenters. The Balaban J connectivity index is 1.76. The van der Waals surface area contributed by atoms with E-state index in [-0.39, 0.29) is 5.91 Å². The Morgan fingerprint density at radius 3 is 2.88 bits per heavy atom. The van der Waals surface area contributed by atoms with Crippen LogP contribution in [0.25, 0.3) is 0 Å². The Labute approximate surface area is 143 Å². The number of hydrogen-bond donors (Lipinski definition) is 0. The van der Waals surface area contributed by atoms with E-state index < -0.39 is 0 Å². The van der Waals surface area contributed by atoms with Crippen molar-refractivity contribution in [1.82, 2.24) is 19.4 Å². The zero-order chi connectivity index (χ0) is 17.1. The third-order valence-corrected chi connectivity index (χ3v) is 4.74. The van der Waals surface area contributed by atoms with Crippen LogP contribution in [0.1, 0.15) is 47.8 Å². The highest BCUT2D eigenvalue weighted by atomic mass is 16.3. The first-order valence-electron chi connectivity index (χ1n) is 8.72. The highest BCUT2D eigenvalue weighted by Crippen LogP contribution is 2.21. The van der Waals surface area contributed by atoms with Gasteiger partial charge in [0.2, 0.25) is 0 Å². The fourth-order valence-corrected chi connectivity index (χ4v) is 3.23. The number of rotatable bonds is 5. The number of fused-ring (bicyclic) bond motifs is 1. The van der Waals surface area contributed by atoms with Crippen molar-refractivity contribution in [2.24, 2.45) is 0 Å². The van der Waals surface area contributed by atoms with Gasteiger partial charge in [-0.2, -0.15) is 0 Å². The molecule has 1 aliphatic rings. The van der Waals surface area contributed by atoms with Crippen LogP contribution in [0.5, 0.6) is 0 Å². The maximum atomic E-state index is 13.0. The van der Waals surface area contributed by atoms with Crippen LogP contribution in [0.3, 0.4) is 0 Å². The fraction of sp³-hybridized carbons (Fsp3) is 0.556. The van der Waals surface area contributed by atoms with Crippen molar-refractivity contribution < 1.29 is 9.21 Å². The van der Waals surface area contributed by atoms with E-state index in [0.717, 1.165) is 50.6 Å². The third-order valence-electron chi connectivity index (χ3n) is 4.74. The minimum Gasteiger partial charge on any atom is -0.464 e. The van der Waals surface area contributed by atoms with Crippen LogP contribution in [0.2, 0.25) is 0 Å². The molecule has 0 saturated carbocycles. The molecule has 0 fully saturated rings. The number of amides is 1. The second kappa shape index (κ2) is 7.21. The molecule has 0 N–H and O–H groups in total. The molecule has 3 rings (SSSR count). The lowest BCUT2D eigenvalue weighted by Crippen LogP contribution is -2.30. The smallest absolute Gasteiger partial charge is 0.257 e. The van der Waals surface area contributed by atoms with Crippen LogP contribution < -0.4 is 0 Å². The maximum absolute atomic E-state index is 13.0. The quantitative estimate of drug-likeness (QED) is 0.846. The van der Waals surface area contributed by atoms with Gasteiger partial charge in [-0.3, -0.25) is 9.69 Å². The summed E-state index contributed by atoms with van der Waals surface area (Å²) in [5.41, 5.74) is 1.77. The second-order valence-electron chi connectivity index (χ2n) is 6.30. The maximum Gasteiger partial charge on any atom is 0.257 e. The molecule has 1 aliphatic heterocycles. The molecule has 0 spiro atoms. The Morgan fingerprint density at radius 1 is 1.33 bits per heavy atom. The first kappa shape index (κ1) is 16.8. The first-order chi connectivity index (χ1) is 11.6. The van der Waals surface area contributed by atoms with Gasteiger partial charge in [0.25, 0.3) is 5.91 Å². The average Bonchev–Trinajstić information content (AvgIpc) is 3.12. The lowest BCUT2D eigenvalue weighted by atomic mass is 10.2. The van der Waals surface area contributed by atoms with Gasteiger partial charge in [-0.05, 0) is 32.5 Å². The molecule has 6 heteroatoms. The summed E-state index contributed by atoms with van der Waals surface area (Å²) in [5, 5.41) is 0. The number of furan rings is 1. The Kier molecular flexibility index (Phi) is 5.04. The SMILES string of the molecule is CCN(CC)Cc1cc(C(=O)N2CCCn3cncc3C2)c(C)o1. The third kappa shape index (κ3) is 3.38. The molecule has 130 valence electrons. The molecule has 2 aromatic heterocycles. The number of hydrogen-bond acceptors (Lipinski definition) is 4. The van der Waals surface area contributed by atoms with Crippen molar-refractivity contribution in [3.63, 3.8) is 0 Å². The molecular formula is C18H26N4O2. The summed E-state index contributed by atoms with van der Waals surface area (Å²) in [6.45, 7) is 11.1. The van der Waals surface area contributed by atoms with Crippen LogP contribution in [0.15, 0.2) is 23.0 Å². The van der Waals surface area contributed by atoms with Gasteiger partial charge in [0.1, 0.15) is 11.5 Å². The van der Waals surface area contributed by atoms with Crippen molar-refractivity contribution >= 4 is 5.91 Å². The molecule has 0 saturated heterocycles. The lowest BCUT2D eigenvalue weighted by Gasteiger charge is -2.19. The summed E-state index contributed by atoms with van der Waals surface area (Å²) in [4.78, 5) is 21.3. The number of carbonyl (C=O) groups is 1. The number of aromatic nitrogens is 2. The summed E-state index contributed by atoms with van der Waals surface area (Å²) < 4.78 is 7.97. The molecule has 0 aliphatic carbocycles. The minimum absolute atomic E-state index is 0.0525. The molecule has 0 aromatic carbocycles. The van der Waals surface area contributed by atoms with Crippen molar-refractivity contribution in [1.29, 1.82) is 0 Å². The Bertz CT molecular complexity index is 700. The van der Waals surface area contributed by atoms with E-state index in [4.69, 9.17) is 4.42 Å². The highest BCUT2D eigenvalue weighted by molar-refractivity contribution is 5.95. The molecule has 3 heterocycles. The van der Waals surface area contributed by atoms with Crippen LogP contribution in [-0.4, -0.2) is 44.9 Å². The molecule has 0 atom stereocenters. The average molecular weight is 330 g/mol. The molecule has 24 heavy (non-hydrogen) atoms. The van der Waals surface area contributed by atoms with Gasteiger partial charge in [0.05, 0.1) is 30.7 Å². The van der Waals surface area contributed by atoms with Crippen molar-refractivity contribution in [2.75, 3.05) is 19.6 Å². The summed E-state index contributed by atoms with van der Waals surface area (Å²) in [6, 6.07) is 1.91. The van der Waals surface area contributed by atoms with Gasteiger partial charge >= 0.3 is 0 Å². The number of aryl methyl sites for hydroxylation is 2. The van der Waals surface area contributed by atoms with Gasteiger partial charge in [-0.15, -0.1) is 0 Å². The van der Waals surface area contributed by atoms with Crippen LogP contribution in [-0.2, 0) is 19.6 Å². The predicted octanol–water partition coefficient (Wildman–Crippen LogP) is 2.67. The molecule has 6 nitrogen and oxygen atoms in total. The first-order valence-corrected chi connectivity index (χ1v) is 8.72. The Hall–Kier alpha value is -2.08. The minimum atomic E-state index is 0.0525. The van der Waals surface area contributed by atoms with E-state index in [1.165, 1.54) is 0 Å². The van der Waals surface area contributed by atoms with E-state index in [9.17, 15) is 4.79 Å². The second-order valence-corrected chi connectivity index (χ2v) is 6.30. The summed E-state index contributed by atoms with van der Waals surface area (Å²) in [6.07, 6.45) is 4.63. The molecular weight excluding hydrogens is 304 g/mol. The van der Waals surface area contributed by atoms with Crippen molar-refractivity contribution in [3.8, 4) is 0 Å². The van der Waals surface area contributed by atoms with E-state index >= 15 is 0 Å². The molecule has 2 aromatic rings. The van der Waals surface area contributed by atoms with Gasteiger partial charge in [0.15, 0.2) is 0 Å². The monoisotopic (exact) mass is 330 g/mol. The van der Waals surface area contributed by atoms with Crippen molar-refractivity contribution in [2.45, 2.75) is 46.8 Å². The number of imidazole rings is 1. The van der Waals surface area contributed by atoms with E-state index in [1.807, 2.05) is 30.4 Å². The van der Waals surface area contributed by atoms with E-state index in [1.54, 1.807) is 0 Å². The van der Waals surface area contributed by atoms with E-state index in [0.29, 0.717) is 17.9 Å². The van der Waals surface area contributed by atoms with Gasteiger partial charge in [0, 0.05) is 19.3 Å². The topological polar surface area (TPSA) is 54.5 Å². The number of nitrogens with zero attached hydrogens (tertiary/aromatic N) is 4. The molecule has 0 radical (unpaired) electrons. The lowest BCUT2D eigenvalue weighted by molar-refractivity contribution is 0.0744. The van der Waals surface area contributed by atoms with Crippen LogP contribution in [0.4, 0.5) is 0 Å². The van der Waals surface area contributed by atoms with Gasteiger partial charge in [-0.25, -0.2) is 4.98 Å². The zero-order valence-corrected chi connectivity index (χ0v) is 14.8. The van der Waals surface area contributed by atoms with Gasteiger partial charge < -0.3 is 13.9 Å². The van der Waals surface area contributed by atoms with Crippen LogP contribution in [0, 0.1) is 6.92 Å². The summed E-state index contributed by atoms with van der Waals surface area (Å²) in [5.74, 6) is 1.62. The standard InChI is InChI=1S/C18H26N4O2/c1-4-20(5-2)12-16-9-17(14(3)24-16)18(23)21-7-6-8-22-13-19-10-15(22)11-21/h9-10,13H,4-8,11-12H2,1-3H3. The highest BCUT2D eigenvalue weighted by Gasteiger charge is 2.24. The summed E-state index contributed by atoms with van der Waals surface area (Å²) >= 11 is 0. The number of carbonyl (C=O) groups excluding carboxylic acids is 1. The fourth-order valence-electron chi connectivity index (χ4n) is 3.23. The predicted molar refractivity (Wildman–Crippen MR) is 91.7 cm³/mol. The summed E-state index contributed by atoms with van der Waals surface area (Å²) in [7, 11) is 0. The van der Waals surface area contributed by atoms with E-state index in [2.05, 4.69) is 28.3 Å². The zero-order valence-electron chi connectivity index (χ0n) is 14.8. The van der Waals surface area contributed by atoms with Gasteiger partial charge in [-0.1, -0.05) is 13.8 Å². The van der Waals surface area contributed by atoms with Crippen molar-refractivity contribution in [3.05, 3.63) is 41.4 Å². The molecule has 1 amide bonds. The Morgan fingerprint density at radius 2 is 2.12 bits per heavy atom.